The van der Waals surface area contributed by atoms with Crippen molar-refractivity contribution in [3.63, 3.8) is 0 Å². The van der Waals surface area contributed by atoms with Crippen LogP contribution in [0.3, 0.4) is 0 Å². The van der Waals surface area contributed by atoms with Gasteiger partial charge in [0.25, 0.3) is 0 Å². The van der Waals surface area contributed by atoms with Crippen LogP contribution in [0.25, 0.3) is 0 Å². The number of hydrogen-bond acceptors (Lipinski definition) is 3. The molecule has 1 atom stereocenters. The lowest BCUT2D eigenvalue weighted by Gasteiger charge is -2.22. The molecule has 3 nitrogen and oxygen atoms in total. The first-order valence-electron chi connectivity index (χ1n) is 7.17. The lowest BCUT2D eigenvalue weighted by atomic mass is 9.98. The Morgan fingerprint density at radius 2 is 1.95 bits per heavy atom. The Hall–Kier alpha value is -1.06. The fourth-order valence-electron chi connectivity index (χ4n) is 2.62. The molecule has 0 aliphatic carbocycles. The van der Waals surface area contributed by atoms with Crippen molar-refractivity contribution in [2.24, 2.45) is 0 Å². The molecule has 1 aromatic carbocycles. The van der Waals surface area contributed by atoms with Crippen LogP contribution in [0.2, 0.25) is 0 Å². The zero-order valence-electron chi connectivity index (χ0n) is 12.1. The van der Waals surface area contributed by atoms with E-state index < -0.39 is 5.60 Å². The fourth-order valence-corrected chi connectivity index (χ4v) is 2.62. The molecule has 1 saturated heterocycles. The van der Waals surface area contributed by atoms with Crippen molar-refractivity contribution in [3.8, 4) is 5.75 Å². The number of hydrogen-bond donors (Lipinski definition) is 1. The minimum Gasteiger partial charge on any atom is -0.497 e. The molecule has 1 N–H and O–H groups in total. The van der Waals surface area contributed by atoms with Crippen LogP contribution < -0.4 is 4.74 Å². The van der Waals surface area contributed by atoms with Gasteiger partial charge in [-0.05, 0) is 56.8 Å². The van der Waals surface area contributed by atoms with E-state index in [1.54, 1.807) is 7.11 Å². The topological polar surface area (TPSA) is 32.7 Å². The van der Waals surface area contributed by atoms with E-state index in [9.17, 15) is 5.11 Å². The molecule has 0 spiro atoms. The summed E-state index contributed by atoms with van der Waals surface area (Å²) in [6.07, 6.45) is 3.96. The zero-order chi connectivity index (χ0) is 13.7. The Morgan fingerprint density at radius 1 is 1.21 bits per heavy atom. The summed E-state index contributed by atoms with van der Waals surface area (Å²) >= 11 is 0. The van der Waals surface area contributed by atoms with E-state index in [1.165, 1.54) is 5.56 Å². The zero-order valence-corrected chi connectivity index (χ0v) is 12.1. The molecule has 0 bridgehead atoms. The van der Waals surface area contributed by atoms with E-state index in [4.69, 9.17) is 4.74 Å². The molecule has 106 valence electrons. The normalized spacial score (nSPS) is 25.0. The van der Waals surface area contributed by atoms with E-state index in [2.05, 4.69) is 17.0 Å². The van der Waals surface area contributed by atoms with Crippen molar-refractivity contribution >= 4 is 0 Å². The van der Waals surface area contributed by atoms with Gasteiger partial charge < -0.3 is 14.7 Å². The molecule has 1 aliphatic heterocycles. The Labute approximate surface area is 116 Å². The van der Waals surface area contributed by atoms with Crippen LogP contribution in [-0.2, 0) is 6.42 Å². The molecule has 0 saturated carbocycles. The first-order valence-corrected chi connectivity index (χ1v) is 7.17. The number of aliphatic hydroxyl groups is 1. The predicted octanol–water partition coefficient (Wildman–Crippen LogP) is 2.47. The van der Waals surface area contributed by atoms with Crippen molar-refractivity contribution in [1.82, 2.24) is 4.90 Å². The van der Waals surface area contributed by atoms with Crippen LogP contribution in [0.15, 0.2) is 24.3 Å². The third-order valence-electron chi connectivity index (χ3n) is 4.03. The number of benzene rings is 1. The summed E-state index contributed by atoms with van der Waals surface area (Å²) < 4.78 is 5.16. The maximum atomic E-state index is 10.1. The highest BCUT2D eigenvalue weighted by Gasteiger charge is 2.24. The van der Waals surface area contributed by atoms with Gasteiger partial charge in [-0.1, -0.05) is 12.1 Å². The molecular weight excluding hydrogens is 238 g/mol. The van der Waals surface area contributed by atoms with Gasteiger partial charge in [-0.2, -0.15) is 0 Å². The molecule has 0 aromatic heterocycles. The second-order valence-electron chi connectivity index (χ2n) is 5.79. The molecular formula is C16H25NO2. The molecule has 1 unspecified atom stereocenters. The lowest BCUT2D eigenvalue weighted by Crippen LogP contribution is -2.29. The number of methoxy groups -OCH3 is 1. The van der Waals surface area contributed by atoms with Crippen molar-refractivity contribution in [2.45, 2.75) is 38.2 Å². The standard InChI is InChI=1S/C16H25NO2/c1-16(18)9-3-11-17(13-10-16)12-8-14-4-6-15(19-2)7-5-14/h4-7,18H,3,8-13H2,1-2H3. The van der Waals surface area contributed by atoms with Crippen LogP contribution >= 0.6 is 0 Å². The van der Waals surface area contributed by atoms with E-state index >= 15 is 0 Å². The summed E-state index contributed by atoms with van der Waals surface area (Å²) in [6, 6.07) is 8.30. The summed E-state index contributed by atoms with van der Waals surface area (Å²) in [5.41, 5.74) is 0.881. The Morgan fingerprint density at radius 3 is 2.63 bits per heavy atom. The molecule has 2 rings (SSSR count). The average molecular weight is 263 g/mol. The van der Waals surface area contributed by atoms with E-state index in [1.807, 2.05) is 19.1 Å². The van der Waals surface area contributed by atoms with Crippen LogP contribution in [0.4, 0.5) is 0 Å². The van der Waals surface area contributed by atoms with Crippen LogP contribution in [0, 0.1) is 0 Å². The Kier molecular flexibility index (Phi) is 4.83. The third-order valence-corrected chi connectivity index (χ3v) is 4.03. The summed E-state index contributed by atoms with van der Waals surface area (Å²) in [4.78, 5) is 2.46. The second-order valence-corrected chi connectivity index (χ2v) is 5.79. The van der Waals surface area contributed by atoms with Crippen LogP contribution in [-0.4, -0.2) is 42.4 Å². The SMILES string of the molecule is COc1ccc(CCN2CCCC(C)(O)CC2)cc1. The van der Waals surface area contributed by atoms with Crippen molar-refractivity contribution < 1.29 is 9.84 Å². The van der Waals surface area contributed by atoms with Gasteiger partial charge >= 0.3 is 0 Å². The Balaban J connectivity index is 1.81. The third kappa shape index (κ3) is 4.51. The monoisotopic (exact) mass is 263 g/mol. The molecule has 1 heterocycles. The van der Waals surface area contributed by atoms with Gasteiger partial charge in [-0.25, -0.2) is 0 Å². The van der Waals surface area contributed by atoms with Gasteiger partial charge in [0.05, 0.1) is 12.7 Å². The first-order chi connectivity index (χ1) is 9.09. The summed E-state index contributed by atoms with van der Waals surface area (Å²) in [5, 5.41) is 10.1. The summed E-state index contributed by atoms with van der Waals surface area (Å²) in [7, 11) is 1.69. The summed E-state index contributed by atoms with van der Waals surface area (Å²) in [5.74, 6) is 0.912. The van der Waals surface area contributed by atoms with E-state index in [-0.39, 0.29) is 0 Å². The maximum Gasteiger partial charge on any atom is 0.118 e. The molecule has 0 amide bonds. The number of ether oxygens (including phenoxy) is 1. The largest absolute Gasteiger partial charge is 0.497 e. The number of nitrogens with zero attached hydrogens (tertiary/aromatic N) is 1. The van der Waals surface area contributed by atoms with Gasteiger partial charge in [-0.3, -0.25) is 0 Å². The first kappa shape index (κ1) is 14.4. The average Bonchev–Trinajstić information content (AvgIpc) is 2.58. The van der Waals surface area contributed by atoms with Gasteiger partial charge in [0, 0.05) is 13.1 Å². The Bertz CT molecular complexity index is 386. The molecule has 19 heavy (non-hydrogen) atoms. The van der Waals surface area contributed by atoms with Crippen LogP contribution in [0.5, 0.6) is 5.75 Å². The molecule has 1 fully saturated rings. The quantitative estimate of drug-likeness (QED) is 0.906. The van der Waals surface area contributed by atoms with Gasteiger partial charge in [0.1, 0.15) is 5.75 Å². The highest BCUT2D eigenvalue weighted by atomic mass is 16.5. The highest BCUT2D eigenvalue weighted by molar-refractivity contribution is 5.27. The second kappa shape index (κ2) is 6.40. The van der Waals surface area contributed by atoms with Crippen LogP contribution in [0.1, 0.15) is 31.7 Å². The van der Waals surface area contributed by atoms with Crippen molar-refractivity contribution in [2.75, 3.05) is 26.7 Å². The number of rotatable bonds is 4. The van der Waals surface area contributed by atoms with E-state index in [0.29, 0.717) is 0 Å². The predicted molar refractivity (Wildman–Crippen MR) is 77.6 cm³/mol. The minimum atomic E-state index is -0.463. The molecule has 1 aliphatic rings. The van der Waals surface area contributed by atoms with Gasteiger partial charge in [0.2, 0.25) is 0 Å². The van der Waals surface area contributed by atoms with Crippen molar-refractivity contribution in [1.29, 1.82) is 0 Å². The smallest absolute Gasteiger partial charge is 0.118 e. The molecule has 0 radical (unpaired) electrons. The summed E-state index contributed by atoms with van der Waals surface area (Å²) in [6.45, 7) is 5.14. The minimum absolute atomic E-state index is 0.463. The maximum absolute atomic E-state index is 10.1. The molecule has 1 aromatic rings. The van der Waals surface area contributed by atoms with Crippen molar-refractivity contribution in [3.05, 3.63) is 29.8 Å². The van der Waals surface area contributed by atoms with Gasteiger partial charge in [0.15, 0.2) is 0 Å². The fraction of sp³-hybridized carbons (Fsp3) is 0.625. The van der Waals surface area contributed by atoms with Gasteiger partial charge in [-0.15, -0.1) is 0 Å². The highest BCUT2D eigenvalue weighted by Crippen LogP contribution is 2.21. The lowest BCUT2D eigenvalue weighted by molar-refractivity contribution is 0.0447. The van der Waals surface area contributed by atoms with E-state index in [0.717, 1.165) is 51.1 Å². The molecule has 3 heteroatoms. The number of likely N-dealkylation sites (tertiary alicyclic amines) is 1.